The molecule has 0 amide bonds. The molecule has 22 heavy (non-hydrogen) atoms. The van der Waals surface area contributed by atoms with Crippen LogP contribution < -0.4 is 4.74 Å². The highest BCUT2D eigenvalue weighted by Crippen LogP contribution is 2.25. The molecule has 0 aromatic heterocycles. The Morgan fingerprint density at radius 3 is 2.50 bits per heavy atom. The van der Waals surface area contributed by atoms with Gasteiger partial charge in [0.25, 0.3) is 0 Å². The van der Waals surface area contributed by atoms with Crippen LogP contribution in [-0.4, -0.2) is 65.4 Å². The van der Waals surface area contributed by atoms with Gasteiger partial charge < -0.3 is 14.9 Å². The third kappa shape index (κ3) is 4.35. The second-order valence-electron chi connectivity index (χ2n) is 5.78. The van der Waals surface area contributed by atoms with E-state index in [1.807, 2.05) is 13.0 Å². The second-order valence-corrected chi connectivity index (χ2v) is 5.78. The molecule has 1 aromatic carbocycles. The fourth-order valence-corrected chi connectivity index (χ4v) is 2.98. The first kappa shape index (κ1) is 17.1. The van der Waals surface area contributed by atoms with Gasteiger partial charge in [-0.1, -0.05) is 6.92 Å². The molecule has 0 aliphatic carbocycles. The number of ether oxygens (including phenoxy) is 1. The molecule has 1 atom stereocenters. The molecule has 124 valence electrons. The predicted molar refractivity (Wildman–Crippen MR) is 87.3 cm³/mol. The van der Waals surface area contributed by atoms with Crippen molar-refractivity contribution >= 4 is 0 Å². The molecule has 2 N–H and O–H groups in total. The molecule has 1 aliphatic heterocycles. The molecule has 2 rings (SSSR count). The lowest BCUT2D eigenvalue weighted by Crippen LogP contribution is -2.50. The Kier molecular flexibility index (Phi) is 6.49. The molecule has 1 fully saturated rings. The summed E-state index contributed by atoms with van der Waals surface area (Å²) in [6.07, 6.45) is 0.980. The Morgan fingerprint density at radius 2 is 1.91 bits per heavy atom. The van der Waals surface area contributed by atoms with Crippen molar-refractivity contribution in [2.75, 3.05) is 39.4 Å². The lowest BCUT2D eigenvalue weighted by Gasteiger charge is -2.38. The maximum Gasteiger partial charge on any atom is 0.120 e. The molecule has 1 aliphatic rings. The van der Waals surface area contributed by atoms with Gasteiger partial charge in [-0.25, -0.2) is 0 Å². The normalized spacial score (nSPS) is 18.3. The van der Waals surface area contributed by atoms with Crippen LogP contribution in [0.1, 0.15) is 25.8 Å². The Balaban J connectivity index is 1.92. The summed E-state index contributed by atoms with van der Waals surface area (Å²) in [5.74, 6) is 1.13. The summed E-state index contributed by atoms with van der Waals surface area (Å²) in [6.45, 7) is 9.49. The Morgan fingerprint density at radius 1 is 1.18 bits per heavy atom. The molecule has 1 saturated heterocycles. The maximum absolute atomic E-state index is 10.0. The standard InChI is InChI=1S/C17H28N2O3/c1-3-15(13-20)19-9-7-18(8-10-19)12-14-11-16(22-4-2)5-6-17(14)21/h5-6,11,15,20-21H,3-4,7-10,12-13H2,1-2H3. The van der Waals surface area contributed by atoms with Crippen molar-refractivity contribution in [3.63, 3.8) is 0 Å². The molecule has 0 saturated carbocycles. The highest BCUT2D eigenvalue weighted by Gasteiger charge is 2.22. The molecular formula is C17H28N2O3. The van der Waals surface area contributed by atoms with Crippen molar-refractivity contribution in [1.82, 2.24) is 9.80 Å². The van der Waals surface area contributed by atoms with Crippen molar-refractivity contribution in [3.8, 4) is 11.5 Å². The molecular weight excluding hydrogens is 280 g/mol. The first-order valence-electron chi connectivity index (χ1n) is 8.19. The number of phenols is 1. The topological polar surface area (TPSA) is 56.2 Å². The third-order valence-corrected chi connectivity index (χ3v) is 4.36. The van der Waals surface area contributed by atoms with Gasteiger partial charge in [0.05, 0.1) is 13.2 Å². The predicted octanol–water partition coefficient (Wildman–Crippen LogP) is 1.68. The maximum atomic E-state index is 10.0. The number of aliphatic hydroxyl groups is 1. The summed E-state index contributed by atoms with van der Waals surface area (Å²) >= 11 is 0. The largest absolute Gasteiger partial charge is 0.508 e. The van der Waals surface area contributed by atoms with Gasteiger partial charge in [-0.05, 0) is 31.5 Å². The Bertz CT molecular complexity index is 455. The van der Waals surface area contributed by atoms with Gasteiger partial charge in [-0.3, -0.25) is 9.80 Å². The lowest BCUT2D eigenvalue weighted by atomic mass is 10.1. The first-order valence-corrected chi connectivity index (χ1v) is 8.19. The fraction of sp³-hybridized carbons (Fsp3) is 0.647. The molecule has 1 unspecified atom stereocenters. The van der Waals surface area contributed by atoms with Crippen molar-refractivity contribution in [1.29, 1.82) is 0 Å². The van der Waals surface area contributed by atoms with Crippen molar-refractivity contribution in [2.24, 2.45) is 0 Å². The van der Waals surface area contributed by atoms with Crippen LogP contribution in [-0.2, 0) is 6.54 Å². The Labute approximate surface area is 133 Å². The van der Waals surface area contributed by atoms with E-state index < -0.39 is 0 Å². The number of phenolic OH excluding ortho intramolecular Hbond substituents is 1. The van der Waals surface area contributed by atoms with Crippen LogP contribution in [0.5, 0.6) is 11.5 Å². The summed E-state index contributed by atoms with van der Waals surface area (Å²) < 4.78 is 5.50. The summed E-state index contributed by atoms with van der Waals surface area (Å²) in [7, 11) is 0. The van der Waals surface area contributed by atoms with Crippen LogP contribution in [0.3, 0.4) is 0 Å². The van der Waals surface area contributed by atoms with Crippen LogP contribution in [0.25, 0.3) is 0 Å². The van der Waals surface area contributed by atoms with E-state index >= 15 is 0 Å². The van der Waals surface area contributed by atoms with Crippen LogP contribution in [0.15, 0.2) is 18.2 Å². The molecule has 0 bridgehead atoms. The van der Waals surface area contributed by atoms with Crippen LogP contribution in [0, 0.1) is 0 Å². The first-order chi connectivity index (χ1) is 10.7. The van der Waals surface area contributed by atoms with Gasteiger partial charge in [0.2, 0.25) is 0 Å². The van der Waals surface area contributed by atoms with Crippen molar-refractivity contribution in [3.05, 3.63) is 23.8 Å². The minimum Gasteiger partial charge on any atom is -0.508 e. The quantitative estimate of drug-likeness (QED) is 0.803. The van der Waals surface area contributed by atoms with Gasteiger partial charge >= 0.3 is 0 Å². The SMILES string of the molecule is CCOc1ccc(O)c(CN2CCN(C(CC)CO)CC2)c1. The monoisotopic (exact) mass is 308 g/mol. The molecule has 1 heterocycles. The minimum absolute atomic E-state index is 0.230. The van der Waals surface area contributed by atoms with E-state index in [9.17, 15) is 10.2 Å². The molecule has 0 spiro atoms. The highest BCUT2D eigenvalue weighted by atomic mass is 16.5. The number of piperazine rings is 1. The molecule has 5 nitrogen and oxygen atoms in total. The average molecular weight is 308 g/mol. The number of benzene rings is 1. The van der Waals surface area contributed by atoms with E-state index in [2.05, 4.69) is 16.7 Å². The zero-order chi connectivity index (χ0) is 15.9. The average Bonchev–Trinajstić information content (AvgIpc) is 2.53. The van der Waals surface area contributed by atoms with Crippen molar-refractivity contribution < 1.29 is 14.9 Å². The summed E-state index contributed by atoms with van der Waals surface area (Å²) in [5, 5.41) is 19.4. The van der Waals surface area contributed by atoms with E-state index in [1.54, 1.807) is 12.1 Å². The van der Waals surface area contributed by atoms with Crippen LogP contribution >= 0.6 is 0 Å². The summed E-state index contributed by atoms with van der Waals surface area (Å²) in [4.78, 5) is 4.69. The number of aliphatic hydroxyl groups excluding tert-OH is 1. The van der Waals surface area contributed by atoms with E-state index in [0.29, 0.717) is 12.4 Å². The number of nitrogens with zero attached hydrogens (tertiary/aromatic N) is 2. The number of aromatic hydroxyl groups is 1. The molecule has 0 radical (unpaired) electrons. The highest BCUT2D eigenvalue weighted by molar-refractivity contribution is 5.39. The van der Waals surface area contributed by atoms with Crippen molar-refractivity contribution in [2.45, 2.75) is 32.9 Å². The van der Waals surface area contributed by atoms with E-state index in [1.165, 1.54) is 0 Å². The zero-order valence-corrected chi connectivity index (χ0v) is 13.7. The number of hydrogen-bond acceptors (Lipinski definition) is 5. The van der Waals surface area contributed by atoms with Crippen LogP contribution in [0.4, 0.5) is 0 Å². The molecule has 1 aromatic rings. The minimum atomic E-state index is 0.230. The third-order valence-electron chi connectivity index (χ3n) is 4.36. The smallest absolute Gasteiger partial charge is 0.120 e. The lowest BCUT2D eigenvalue weighted by molar-refractivity contribution is 0.0605. The van der Waals surface area contributed by atoms with Crippen LogP contribution in [0.2, 0.25) is 0 Å². The fourth-order valence-electron chi connectivity index (χ4n) is 2.98. The van der Waals surface area contributed by atoms with E-state index in [-0.39, 0.29) is 12.6 Å². The van der Waals surface area contributed by atoms with E-state index in [0.717, 1.165) is 50.5 Å². The van der Waals surface area contributed by atoms with Gasteiger partial charge in [0.1, 0.15) is 11.5 Å². The van der Waals surface area contributed by atoms with Gasteiger partial charge in [-0.2, -0.15) is 0 Å². The second kappa shape index (κ2) is 8.36. The molecule has 5 heteroatoms. The van der Waals surface area contributed by atoms with Gasteiger partial charge in [0.15, 0.2) is 0 Å². The summed E-state index contributed by atoms with van der Waals surface area (Å²) in [6, 6.07) is 5.70. The number of hydrogen-bond donors (Lipinski definition) is 2. The number of rotatable bonds is 7. The Hall–Kier alpha value is -1.30. The van der Waals surface area contributed by atoms with Gasteiger partial charge in [-0.15, -0.1) is 0 Å². The summed E-state index contributed by atoms with van der Waals surface area (Å²) in [5.41, 5.74) is 0.911. The van der Waals surface area contributed by atoms with Gasteiger partial charge in [0, 0.05) is 44.3 Å². The zero-order valence-electron chi connectivity index (χ0n) is 13.7. The van der Waals surface area contributed by atoms with E-state index in [4.69, 9.17) is 4.74 Å².